The normalized spacial score (nSPS) is 10.7. The summed E-state index contributed by atoms with van der Waals surface area (Å²) in [7, 11) is -3.79. The molecule has 0 aromatic heterocycles. The molecule has 3 aromatic carbocycles. The van der Waals surface area contributed by atoms with E-state index < -0.39 is 10.0 Å². The van der Waals surface area contributed by atoms with Crippen molar-refractivity contribution in [3.63, 3.8) is 0 Å². The van der Waals surface area contributed by atoms with Gasteiger partial charge in [-0.25, -0.2) is 8.42 Å². The fourth-order valence-electron chi connectivity index (χ4n) is 2.34. The van der Waals surface area contributed by atoms with Crippen molar-refractivity contribution in [3.8, 4) is 11.8 Å². The predicted octanol–water partition coefficient (Wildman–Crippen LogP) is 3.94. The Morgan fingerprint density at radius 3 is 2.46 bits per heavy atom. The molecule has 26 heavy (non-hydrogen) atoms. The van der Waals surface area contributed by atoms with Crippen LogP contribution in [0.4, 0.5) is 5.69 Å². The molecule has 0 aliphatic heterocycles. The lowest BCUT2D eigenvalue weighted by Gasteiger charge is -2.11. The van der Waals surface area contributed by atoms with Crippen molar-refractivity contribution >= 4 is 15.7 Å². The lowest BCUT2D eigenvalue weighted by Crippen LogP contribution is -2.13. The smallest absolute Gasteiger partial charge is 0.261 e. The number of nitrogens with zero attached hydrogens (tertiary/aromatic N) is 1. The minimum absolute atomic E-state index is 0.0344. The zero-order valence-electron chi connectivity index (χ0n) is 13.8. The molecule has 5 nitrogen and oxygen atoms in total. The molecule has 0 aliphatic carbocycles. The van der Waals surface area contributed by atoms with Crippen LogP contribution >= 0.6 is 0 Å². The second-order valence-electron chi connectivity index (χ2n) is 5.55. The zero-order chi connectivity index (χ0) is 18.4. The molecule has 1 N–H and O–H groups in total. The number of rotatable bonds is 6. The average molecular weight is 364 g/mol. The molecule has 0 heterocycles. The maximum Gasteiger partial charge on any atom is 0.261 e. The van der Waals surface area contributed by atoms with Gasteiger partial charge in [0.15, 0.2) is 0 Å². The van der Waals surface area contributed by atoms with Crippen LogP contribution in [0, 0.1) is 11.3 Å². The zero-order valence-corrected chi connectivity index (χ0v) is 14.6. The van der Waals surface area contributed by atoms with Crippen LogP contribution in [-0.4, -0.2) is 8.42 Å². The highest BCUT2D eigenvalue weighted by atomic mass is 32.2. The summed E-state index contributed by atoms with van der Waals surface area (Å²) in [5, 5.41) is 8.93. The fourth-order valence-corrected chi connectivity index (χ4v) is 3.43. The van der Waals surface area contributed by atoms with Crippen molar-refractivity contribution in [3.05, 3.63) is 90.0 Å². The largest absolute Gasteiger partial charge is 0.489 e. The Balaban J connectivity index is 1.74. The second kappa shape index (κ2) is 7.72. The highest BCUT2D eigenvalue weighted by Gasteiger charge is 2.15. The van der Waals surface area contributed by atoms with Gasteiger partial charge in [-0.1, -0.05) is 42.5 Å². The van der Waals surface area contributed by atoms with Gasteiger partial charge in [-0.2, -0.15) is 5.26 Å². The maximum atomic E-state index is 12.5. The van der Waals surface area contributed by atoms with E-state index in [0.717, 1.165) is 5.56 Å². The minimum Gasteiger partial charge on any atom is -0.489 e. The molecule has 0 atom stereocenters. The number of sulfonamides is 1. The van der Waals surface area contributed by atoms with Crippen LogP contribution in [0.25, 0.3) is 0 Å². The predicted molar refractivity (Wildman–Crippen MR) is 99.2 cm³/mol. The quantitative estimate of drug-likeness (QED) is 0.718. The molecule has 0 radical (unpaired) electrons. The Labute approximate surface area is 152 Å². The lowest BCUT2D eigenvalue weighted by molar-refractivity contribution is 0.306. The third-order valence-electron chi connectivity index (χ3n) is 3.61. The molecule has 130 valence electrons. The molecule has 0 spiro atoms. The van der Waals surface area contributed by atoms with Crippen molar-refractivity contribution < 1.29 is 13.2 Å². The molecule has 0 saturated carbocycles. The number of nitrogens with one attached hydrogen (secondary N) is 1. The first-order valence-electron chi connectivity index (χ1n) is 7.86. The Kier molecular flexibility index (Phi) is 5.20. The summed E-state index contributed by atoms with van der Waals surface area (Å²) in [5.74, 6) is 0.555. The van der Waals surface area contributed by atoms with Crippen molar-refractivity contribution in [2.75, 3.05) is 4.72 Å². The van der Waals surface area contributed by atoms with E-state index >= 15 is 0 Å². The van der Waals surface area contributed by atoms with Crippen LogP contribution in [-0.2, 0) is 16.6 Å². The molecule has 6 heteroatoms. The maximum absolute atomic E-state index is 12.5. The van der Waals surface area contributed by atoms with E-state index in [2.05, 4.69) is 4.72 Å². The van der Waals surface area contributed by atoms with E-state index in [9.17, 15) is 8.42 Å². The standard InChI is InChI=1S/C20H16N2O3S/c21-14-17-8-4-11-20(12-17)26(23,24)22-18-9-5-10-19(13-18)25-15-16-6-2-1-3-7-16/h1-13,22H,15H2. The minimum atomic E-state index is -3.79. The topological polar surface area (TPSA) is 79.2 Å². The first kappa shape index (κ1) is 17.5. The number of ether oxygens (including phenoxy) is 1. The highest BCUT2D eigenvalue weighted by molar-refractivity contribution is 7.92. The summed E-state index contributed by atoms with van der Waals surface area (Å²) >= 11 is 0. The van der Waals surface area contributed by atoms with Crippen molar-refractivity contribution in [2.45, 2.75) is 11.5 Å². The Bertz CT molecular complexity index is 1040. The highest BCUT2D eigenvalue weighted by Crippen LogP contribution is 2.22. The molecule has 0 unspecified atom stereocenters. The molecule has 0 amide bonds. The number of hydrogen-bond acceptors (Lipinski definition) is 4. The van der Waals surface area contributed by atoms with Crippen LogP contribution in [0.15, 0.2) is 83.8 Å². The summed E-state index contributed by atoms with van der Waals surface area (Å²) < 4.78 is 33.2. The molecule has 0 aliphatic rings. The van der Waals surface area contributed by atoms with Crippen LogP contribution in [0.2, 0.25) is 0 Å². The third kappa shape index (κ3) is 4.41. The van der Waals surface area contributed by atoms with Gasteiger partial charge in [0.1, 0.15) is 12.4 Å². The van der Waals surface area contributed by atoms with E-state index in [-0.39, 0.29) is 10.5 Å². The van der Waals surface area contributed by atoms with E-state index in [4.69, 9.17) is 10.00 Å². The van der Waals surface area contributed by atoms with Crippen LogP contribution in [0.3, 0.4) is 0 Å². The molecular weight excluding hydrogens is 348 g/mol. The first-order chi connectivity index (χ1) is 12.6. The van der Waals surface area contributed by atoms with Gasteiger partial charge in [0, 0.05) is 6.07 Å². The Hall–Kier alpha value is -3.30. The summed E-state index contributed by atoms with van der Waals surface area (Å²) in [6, 6.07) is 24.2. The van der Waals surface area contributed by atoms with E-state index in [0.29, 0.717) is 18.0 Å². The number of nitriles is 1. The average Bonchev–Trinajstić information content (AvgIpc) is 2.67. The van der Waals surface area contributed by atoms with Crippen molar-refractivity contribution in [1.29, 1.82) is 5.26 Å². The second-order valence-corrected chi connectivity index (χ2v) is 7.23. The molecular formula is C20H16N2O3S. The SMILES string of the molecule is N#Cc1cccc(S(=O)(=O)Nc2cccc(OCc3ccccc3)c2)c1. The van der Waals surface area contributed by atoms with Gasteiger partial charge >= 0.3 is 0 Å². The van der Waals surface area contributed by atoms with E-state index in [1.54, 1.807) is 30.3 Å². The summed E-state index contributed by atoms with van der Waals surface area (Å²) in [4.78, 5) is 0.0344. The van der Waals surface area contributed by atoms with Gasteiger partial charge in [0.25, 0.3) is 10.0 Å². The number of benzene rings is 3. The van der Waals surface area contributed by atoms with Gasteiger partial charge in [-0.05, 0) is 35.9 Å². The molecule has 0 saturated heterocycles. The van der Waals surface area contributed by atoms with E-state index in [1.807, 2.05) is 36.4 Å². The van der Waals surface area contributed by atoms with Gasteiger partial charge in [-0.3, -0.25) is 4.72 Å². The number of anilines is 1. The number of hydrogen-bond donors (Lipinski definition) is 1. The van der Waals surface area contributed by atoms with Crippen molar-refractivity contribution in [2.24, 2.45) is 0 Å². The summed E-state index contributed by atoms with van der Waals surface area (Å²) in [6.07, 6.45) is 0. The van der Waals surface area contributed by atoms with Gasteiger partial charge in [0.2, 0.25) is 0 Å². The van der Waals surface area contributed by atoms with E-state index in [1.165, 1.54) is 18.2 Å². The Morgan fingerprint density at radius 1 is 0.923 bits per heavy atom. The third-order valence-corrected chi connectivity index (χ3v) is 4.99. The first-order valence-corrected chi connectivity index (χ1v) is 9.35. The summed E-state index contributed by atoms with van der Waals surface area (Å²) in [5.41, 5.74) is 1.69. The molecule has 0 fully saturated rings. The van der Waals surface area contributed by atoms with Gasteiger partial charge in [0.05, 0.1) is 22.2 Å². The molecule has 0 bridgehead atoms. The lowest BCUT2D eigenvalue weighted by atomic mass is 10.2. The van der Waals surface area contributed by atoms with Gasteiger partial charge < -0.3 is 4.74 Å². The van der Waals surface area contributed by atoms with Crippen LogP contribution < -0.4 is 9.46 Å². The van der Waals surface area contributed by atoms with Crippen LogP contribution in [0.1, 0.15) is 11.1 Å². The fraction of sp³-hybridized carbons (Fsp3) is 0.0500. The Morgan fingerprint density at radius 2 is 1.69 bits per heavy atom. The molecule has 3 rings (SSSR count). The van der Waals surface area contributed by atoms with Gasteiger partial charge in [-0.15, -0.1) is 0 Å². The summed E-state index contributed by atoms with van der Waals surface area (Å²) in [6.45, 7) is 0.390. The van der Waals surface area contributed by atoms with Crippen molar-refractivity contribution in [1.82, 2.24) is 0 Å². The monoisotopic (exact) mass is 364 g/mol. The molecule has 3 aromatic rings. The van der Waals surface area contributed by atoms with Crippen LogP contribution in [0.5, 0.6) is 5.75 Å².